The van der Waals surface area contributed by atoms with E-state index in [9.17, 15) is 19.5 Å². The zero-order chi connectivity index (χ0) is 9.24. The van der Waals surface area contributed by atoms with Gasteiger partial charge >= 0.3 is 59.1 Å². The molecular weight excluding hydrogens is 225 g/mol. The Kier molecular flexibility index (Phi) is 9.01. The fourth-order valence-electron chi connectivity index (χ4n) is 1.11. The second kappa shape index (κ2) is 7.02. The fraction of sp³-hybridized carbons (Fsp3) is 0.429. The molecule has 1 aliphatic carbocycles. The van der Waals surface area contributed by atoms with Gasteiger partial charge in [-0.3, -0.25) is 0 Å². The van der Waals surface area contributed by atoms with Gasteiger partial charge in [-0.1, -0.05) is 31.9 Å². The van der Waals surface area contributed by atoms with Crippen molar-refractivity contribution in [3.05, 3.63) is 24.3 Å². The van der Waals surface area contributed by atoms with Gasteiger partial charge in [0.15, 0.2) is 0 Å². The Bertz CT molecular complexity index is 273. The standard InChI is InChI=1S/C7H11O4P.2Na/c8-7(6-12(9,10)11)4-2-1-3-5-7;;/h1-4,8H,5-6H2,(H2,9,10,11);;/q;2*+1/p-2. The molecular formula is C7H9Na2O4P. The van der Waals surface area contributed by atoms with Gasteiger partial charge < -0.3 is 19.5 Å². The Morgan fingerprint density at radius 2 is 1.93 bits per heavy atom. The van der Waals surface area contributed by atoms with Gasteiger partial charge in [0.05, 0.1) is 5.60 Å². The van der Waals surface area contributed by atoms with Crippen molar-refractivity contribution in [2.45, 2.75) is 12.0 Å². The monoisotopic (exact) mass is 234 g/mol. The van der Waals surface area contributed by atoms with Gasteiger partial charge in [0.1, 0.15) is 0 Å². The molecule has 1 atom stereocenters. The van der Waals surface area contributed by atoms with Crippen LogP contribution in [0.3, 0.4) is 0 Å². The zero-order valence-corrected chi connectivity index (χ0v) is 13.2. The summed E-state index contributed by atoms with van der Waals surface area (Å²) in [6, 6.07) is 0. The van der Waals surface area contributed by atoms with Crippen LogP contribution < -0.4 is 68.9 Å². The van der Waals surface area contributed by atoms with Crippen LogP contribution in [0, 0.1) is 0 Å². The van der Waals surface area contributed by atoms with Crippen LogP contribution in [-0.2, 0) is 4.57 Å². The van der Waals surface area contributed by atoms with Gasteiger partial charge in [0.2, 0.25) is 0 Å². The molecule has 1 N–H and O–H groups in total. The first-order valence-corrected chi connectivity index (χ1v) is 5.22. The average Bonchev–Trinajstić information content (AvgIpc) is 1.83. The van der Waals surface area contributed by atoms with Crippen molar-refractivity contribution >= 4 is 7.60 Å². The second-order valence-electron chi connectivity index (χ2n) is 2.86. The Hall–Kier alpha value is 1.59. The summed E-state index contributed by atoms with van der Waals surface area (Å²) in [6.07, 6.45) is 5.61. The summed E-state index contributed by atoms with van der Waals surface area (Å²) in [4.78, 5) is 20.7. The SMILES string of the molecule is O=P([O-])([O-])CC1(O)C=CC=CC1.[Na+].[Na+]. The quantitative estimate of drug-likeness (QED) is 0.380. The van der Waals surface area contributed by atoms with E-state index in [-0.39, 0.29) is 65.5 Å². The Labute approximate surface area is 127 Å². The molecule has 4 nitrogen and oxygen atoms in total. The third-order valence-corrected chi connectivity index (χ3v) is 2.53. The van der Waals surface area contributed by atoms with E-state index in [0.717, 1.165) is 0 Å². The van der Waals surface area contributed by atoms with Crippen LogP contribution in [0.15, 0.2) is 24.3 Å². The topological polar surface area (TPSA) is 83.4 Å². The van der Waals surface area contributed by atoms with Gasteiger partial charge in [-0.15, -0.1) is 0 Å². The summed E-state index contributed by atoms with van der Waals surface area (Å²) in [5, 5.41) is 9.50. The first-order valence-electron chi connectivity index (χ1n) is 3.49. The summed E-state index contributed by atoms with van der Waals surface area (Å²) in [6.45, 7) is 0. The number of hydrogen-bond donors (Lipinski definition) is 1. The van der Waals surface area contributed by atoms with Crippen LogP contribution in [0.4, 0.5) is 0 Å². The minimum absolute atomic E-state index is 0. The fourth-order valence-corrected chi connectivity index (χ4v) is 2.01. The molecule has 0 saturated carbocycles. The normalized spacial score (nSPS) is 25.1. The maximum atomic E-state index is 10.4. The molecule has 0 fully saturated rings. The van der Waals surface area contributed by atoms with Crippen molar-refractivity contribution in [2.75, 3.05) is 6.16 Å². The molecule has 0 spiro atoms. The molecule has 1 rings (SSSR count). The van der Waals surface area contributed by atoms with E-state index in [4.69, 9.17) is 0 Å². The van der Waals surface area contributed by atoms with E-state index in [0.29, 0.717) is 0 Å². The van der Waals surface area contributed by atoms with Crippen molar-refractivity contribution < 1.29 is 78.6 Å². The van der Waals surface area contributed by atoms with Crippen LogP contribution >= 0.6 is 7.60 Å². The van der Waals surface area contributed by atoms with Crippen molar-refractivity contribution in [1.82, 2.24) is 0 Å². The minimum atomic E-state index is -4.63. The van der Waals surface area contributed by atoms with Gasteiger partial charge in [-0.05, 0) is 6.42 Å². The summed E-state index contributed by atoms with van der Waals surface area (Å²) >= 11 is 0. The van der Waals surface area contributed by atoms with Crippen LogP contribution in [0.1, 0.15) is 6.42 Å². The van der Waals surface area contributed by atoms with E-state index < -0.39 is 19.4 Å². The molecule has 0 bridgehead atoms. The Balaban J connectivity index is 0. The molecule has 1 aliphatic rings. The second-order valence-corrected chi connectivity index (χ2v) is 4.40. The maximum absolute atomic E-state index is 10.4. The van der Waals surface area contributed by atoms with Gasteiger partial charge in [-0.25, -0.2) is 0 Å². The van der Waals surface area contributed by atoms with Crippen molar-refractivity contribution in [2.24, 2.45) is 0 Å². The number of allylic oxidation sites excluding steroid dienone is 2. The van der Waals surface area contributed by atoms with Crippen molar-refractivity contribution in [1.29, 1.82) is 0 Å². The minimum Gasteiger partial charge on any atom is -0.811 e. The van der Waals surface area contributed by atoms with Crippen LogP contribution in [0.25, 0.3) is 0 Å². The van der Waals surface area contributed by atoms with E-state index in [1.165, 1.54) is 12.2 Å². The Morgan fingerprint density at radius 3 is 2.29 bits per heavy atom. The predicted octanol–water partition coefficient (Wildman–Crippen LogP) is -6.84. The molecule has 0 aromatic carbocycles. The molecule has 0 amide bonds. The molecule has 0 aromatic heterocycles. The van der Waals surface area contributed by atoms with Gasteiger partial charge in [0.25, 0.3) is 0 Å². The number of rotatable bonds is 2. The van der Waals surface area contributed by atoms with Crippen LogP contribution in [-0.4, -0.2) is 16.9 Å². The summed E-state index contributed by atoms with van der Waals surface area (Å²) in [5.41, 5.74) is -1.49. The van der Waals surface area contributed by atoms with Crippen LogP contribution in [0.2, 0.25) is 0 Å². The molecule has 0 saturated heterocycles. The third kappa shape index (κ3) is 6.96. The molecule has 0 aromatic rings. The molecule has 68 valence electrons. The van der Waals surface area contributed by atoms with E-state index in [2.05, 4.69) is 0 Å². The molecule has 0 radical (unpaired) electrons. The van der Waals surface area contributed by atoms with E-state index >= 15 is 0 Å². The zero-order valence-electron chi connectivity index (χ0n) is 8.34. The molecule has 14 heavy (non-hydrogen) atoms. The molecule has 1 unspecified atom stereocenters. The average molecular weight is 234 g/mol. The maximum Gasteiger partial charge on any atom is 1.00 e. The molecule has 0 aliphatic heterocycles. The van der Waals surface area contributed by atoms with Crippen molar-refractivity contribution in [3.63, 3.8) is 0 Å². The van der Waals surface area contributed by atoms with Crippen molar-refractivity contribution in [3.8, 4) is 0 Å². The van der Waals surface area contributed by atoms with Gasteiger partial charge in [0, 0.05) is 6.16 Å². The smallest absolute Gasteiger partial charge is 0.811 e. The Morgan fingerprint density at radius 1 is 1.36 bits per heavy atom. The molecule has 0 heterocycles. The van der Waals surface area contributed by atoms with E-state index in [1.807, 2.05) is 0 Å². The first-order chi connectivity index (χ1) is 5.41. The summed E-state index contributed by atoms with van der Waals surface area (Å²) in [5.74, 6) is 0. The summed E-state index contributed by atoms with van der Waals surface area (Å²) < 4.78 is 10.4. The van der Waals surface area contributed by atoms with Crippen LogP contribution in [0.5, 0.6) is 0 Å². The van der Waals surface area contributed by atoms with Gasteiger partial charge in [-0.2, -0.15) is 0 Å². The first kappa shape index (κ1) is 18.0. The predicted molar refractivity (Wildman–Crippen MR) is 40.3 cm³/mol. The number of aliphatic hydroxyl groups is 1. The van der Waals surface area contributed by atoms with E-state index in [1.54, 1.807) is 12.2 Å². The third-order valence-electron chi connectivity index (χ3n) is 1.59. The number of hydrogen-bond acceptors (Lipinski definition) is 4. The largest absolute Gasteiger partial charge is 1.00 e. The summed E-state index contributed by atoms with van der Waals surface area (Å²) in [7, 11) is -4.63. The molecule has 7 heteroatoms.